The molecule has 7 nitrogen and oxygen atoms in total. The zero-order chi connectivity index (χ0) is 20.4. The maximum atomic E-state index is 13.0. The second-order valence-electron chi connectivity index (χ2n) is 8.53. The Morgan fingerprint density at radius 2 is 1.69 bits per heavy atom. The summed E-state index contributed by atoms with van der Waals surface area (Å²) in [6, 6.07) is 7.45. The second kappa shape index (κ2) is 8.43. The van der Waals surface area contributed by atoms with E-state index in [2.05, 4.69) is 23.5 Å². The minimum absolute atomic E-state index is 0.0435. The Balaban J connectivity index is 1.27. The highest BCUT2D eigenvalue weighted by Gasteiger charge is 2.36. The van der Waals surface area contributed by atoms with Gasteiger partial charge < -0.3 is 20.9 Å². The summed E-state index contributed by atoms with van der Waals surface area (Å²) in [7, 11) is 0. The van der Waals surface area contributed by atoms with Crippen LogP contribution in [0.2, 0.25) is 0 Å². The fourth-order valence-corrected chi connectivity index (χ4v) is 5.03. The Morgan fingerprint density at radius 3 is 2.41 bits per heavy atom. The molecule has 3 N–H and O–H groups in total. The number of fused-ring (bicyclic) bond motifs is 1. The molecule has 0 aromatic heterocycles. The van der Waals surface area contributed by atoms with Gasteiger partial charge in [-0.05, 0) is 56.1 Å². The van der Waals surface area contributed by atoms with Crippen molar-refractivity contribution >= 4 is 17.8 Å². The lowest BCUT2D eigenvalue weighted by Gasteiger charge is -2.35. The van der Waals surface area contributed by atoms with Crippen molar-refractivity contribution in [3.63, 3.8) is 0 Å². The number of urea groups is 1. The van der Waals surface area contributed by atoms with E-state index < -0.39 is 12.1 Å². The molecule has 1 aliphatic carbocycles. The van der Waals surface area contributed by atoms with Gasteiger partial charge >= 0.3 is 6.03 Å². The molecule has 1 atom stereocenters. The molecule has 4 amide bonds. The van der Waals surface area contributed by atoms with Crippen molar-refractivity contribution in [2.45, 2.75) is 63.6 Å². The normalized spacial score (nSPS) is 26.7. The topological polar surface area (TPSA) is 95.7 Å². The third-order valence-corrected chi connectivity index (χ3v) is 6.70. The fraction of sp³-hybridized carbons (Fsp3) is 0.591. The number of carbonyl (C=O) groups is 3. The lowest BCUT2D eigenvalue weighted by molar-refractivity contribution is -0.137. The molecule has 4 rings (SSSR count). The van der Waals surface area contributed by atoms with Crippen LogP contribution in [-0.4, -0.2) is 52.8 Å². The summed E-state index contributed by atoms with van der Waals surface area (Å²) >= 11 is 0. The van der Waals surface area contributed by atoms with Gasteiger partial charge in [-0.25, -0.2) is 4.79 Å². The van der Waals surface area contributed by atoms with E-state index in [-0.39, 0.29) is 23.8 Å². The molecule has 2 heterocycles. The smallest absolute Gasteiger partial charge is 0.315 e. The van der Waals surface area contributed by atoms with E-state index in [1.54, 1.807) is 0 Å². The Labute approximate surface area is 171 Å². The van der Waals surface area contributed by atoms with Crippen LogP contribution in [0, 0.1) is 5.92 Å². The number of primary amides is 1. The molecule has 2 fully saturated rings. The molecule has 1 aromatic rings. The average Bonchev–Trinajstić information content (AvgIpc) is 3.24. The minimum atomic E-state index is -0.528. The summed E-state index contributed by atoms with van der Waals surface area (Å²) in [5.74, 6) is 0.186. The number of nitrogens with one attached hydrogen (secondary N) is 1. The van der Waals surface area contributed by atoms with Crippen molar-refractivity contribution in [3.8, 4) is 0 Å². The number of benzene rings is 1. The molecule has 7 heteroatoms. The van der Waals surface area contributed by atoms with E-state index in [9.17, 15) is 14.4 Å². The van der Waals surface area contributed by atoms with Crippen LogP contribution in [0.1, 0.15) is 49.7 Å². The molecular weight excluding hydrogens is 368 g/mol. The van der Waals surface area contributed by atoms with Gasteiger partial charge in [-0.1, -0.05) is 24.3 Å². The molecule has 156 valence electrons. The summed E-state index contributed by atoms with van der Waals surface area (Å²) in [6.07, 6.45) is 5.59. The molecule has 29 heavy (non-hydrogen) atoms. The maximum absolute atomic E-state index is 13.0. The monoisotopic (exact) mass is 398 g/mol. The first kappa shape index (κ1) is 19.7. The molecular formula is C22H30N4O3. The maximum Gasteiger partial charge on any atom is 0.315 e. The number of hydrogen-bond donors (Lipinski definition) is 2. The summed E-state index contributed by atoms with van der Waals surface area (Å²) in [6.45, 7) is 2.04. The Morgan fingerprint density at radius 1 is 0.966 bits per heavy atom. The van der Waals surface area contributed by atoms with Crippen LogP contribution < -0.4 is 11.1 Å². The molecule has 1 saturated heterocycles. The summed E-state index contributed by atoms with van der Waals surface area (Å²) in [5.41, 5.74) is 7.98. The SMILES string of the molecule is NC(=O)N1CCC[C@H]1C(=O)NC1CCC(C(=O)N2CCc3ccccc3C2)CC1. The van der Waals surface area contributed by atoms with Crippen LogP contribution >= 0.6 is 0 Å². The molecule has 0 bridgehead atoms. The highest BCUT2D eigenvalue weighted by atomic mass is 16.2. The quantitative estimate of drug-likeness (QED) is 0.812. The van der Waals surface area contributed by atoms with Crippen LogP contribution in [0.3, 0.4) is 0 Å². The van der Waals surface area contributed by atoms with Gasteiger partial charge in [0.25, 0.3) is 0 Å². The Kier molecular flexibility index (Phi) is 5.74. The average molecular weight is 399 g/mol. The number of hydrogen-bond acceptors (Lipinski definition) is 3. The molecule has 1 saturated carbocycles. The van der Waals surface area contributed by atoms with E-state index in [1.165, 1.54) is 16.0 Å². The highest BCUT2D eigenvalue weighted by molar-refractivity contribution is 5.87. The summed E-state index contributed by atoms with van der Waals surface area (Å²) < 4.78 is 0. The van der Waals surface area contributed by atoms with Gasteiger partial charge in [-0.2, -0.15) is 0 Å². The minimum Gasteiger partial charge on any atom is -0.352 e. The first-order valence-electron chi connectivity index (χ1n) is 10.7. The Bertz CT molecular complexity index is 788. The van der Waals surface area contributed by atoms with Gasteiger partial charge in [-0.3, -0.25) is 9.59 Å². The second-order valence-corrected chi connectivity index (χ2v) is 8.53. The third kappa shape index (κ3) is 4.23. The van der Waals surface area contributed by atoms with Crippen LogP contribution in [0.5, 0.6) is 0 Å². The van der Waals surface area contributed by atoms with Gasteiger partial charge in [0.05, 0.1) is 0 Å². The zero-order valence-electron chi connectivity index (χ0n) is 16.8. The molecule has 2 aliphatic heterocycles. The van der Waals surface area contributed by atoms with Crippen molar-refractivity contribution in [3.05, 3.63) is 35.4 Å². The van der Waals surface area contributed by atoms with Crippen LogP contribution in [-0.2, 0) is 22.6 Å². The van der Waals surface area contributed by atoms with Crippen LogP contribution in [0.4, 0.5) is 4.79 Å². The van der Waals surface area contributed by atoms with E-state index >= 15 is 0 Å². The fourth-order valence-electron chi connectivity index (χ4n) is 5.03. The van der Waals surface area contributed by atoms with Gasteiger partial charge in [0, 0.05) is 31.6 Å². The van der Waals surface area contributed by atoms with E-state index in [0.29, 0.717) is 19.5 Å². The van der Waals surface area contributed by atoms with Gasteiger partial charge in [0.2, 0.25) is 11.8 Å². The Hall–Kier alpha value is -2.57. The zero-order valence-corrected chi connectivity index (χ0v) is 16.8. The lowest BCUT2D eigenvalue weighted by Crippen LogP contribution is -2.51. The van der Waals surface area contributed by atoms with Crippen LogP contribution in [0.15, 0.2) is 24.3 Å². The number of likely N-dealkylation sites (tertiary alicyclic amines) is 1. The third-order valence-electron chi connectivity index (χ3n) is 6.70. The highest BCUT2D eigenvalue weighted by Crippen LogP contribution is 2.29. The summed E-state index contributed by atoms with van der Waals surface area (Å²) in [4.78, 5) is 40.5. The van der Waals surface area contributed by atoms with E-state index in [4.69, 9.17) is 5.73 Å². The molecule has 3 aliphatic rings. The van der Waals surface area contributed by atoms with Crippen molar-refractivity contribution in [1.29, 1.82) is 0 Å². The van der Waals surface area contributed by atoms with E-state index in [1.807, 2.05) is 11.0 Å². The van der Waals surface area contributed by atoms with Crippen LogP contribution in [0.25, 0.3) is 0 Å². The molecule has 0 unspecified atom stereocenters. The standard InChI is InChI=1S/C22H30N4O3/c23-22(29)26-12-3-6-19(26)20(27)24-18-9-7-16(8-10-18)21(28)25-13-11-15-4-1-2-5-17(15)14-25/h1-2,4-5,16,18-19H,3,6-14H2,(H2,23,29)(H,24,27)/t16?,18?,19-/m0/s1. The van der Waals surface area contributed by atoms with Crippen molar-refractivity contribution in [2.24, 2.45) is 11.7 Å². The number of rotatable bonds is 3. The molecule has 0 radical (unpaired) electrons. The van der Waals surface area contributed by atoms with Crippen molar-refractivity contribution < 1.29 is 14.4 Å². The number of nitrogens with zero attached hydrogens (tertiary/aromatic N) is 2. The van der Waals surface area contributed by atoms with Gasteiger partial charge in [-0.15, -0.1) is 0 Å². The van der Waals surface area contributed by atoms with Gasteiger partial charge in [0.15, 0.2) is 0 Å². The van der Waals surface area contributed by atoms with Crippen molar-refractivity contribution in [1.82, 2.24) is 15.1 Å². The number of amides is 4. The number of carbonyl (C=O) groups excluding carboxylic acids is 3. The number of nitrogens with two attached hydrogens (primary N) is 1. The predicted octanol–water partition coefficient (Wildman–Crippen LogP) is 1.79. The van der Waals surface area contributed by atoms with Crippen molar-refractivity contribution in [2.75, 3.05) is 13.1 Å². The largest absolute Gasteiger partial charge is 0.352 e. The first-order valence-corrected chi connectivity index (χ1v) is 10.7. The predicted molar refractivity (Wildman–Crippen MR) is 109 cm³/mol. The lowest BCUT2D eigenvalue weighted by atomic mass is 9.84. The van der Waals surface area contributed by atoms with Gasteiger partial charge in [0.1, 0.15) is 6.04 Å². The first-order chi connectivity index (χ1) is 14.0. The molecule has 0 spiro atoms. The summed E-state index contributed by atoms with van der Waals surface area (Å²) in [5, 5.41) is 3.08. The van der Waals surface area contributed by atoms with E-state index in [0.717, 1.165) is 45.1 Å². The molecule has 1 aromatic carbocycles.